The van der Waals surface area contributed by atoms with Gasteiger partial charge in [0.1, 0.15) is 5.75 Å². The van der Waals surface area contributed by atoms with Crippen LogP contribution in [0.25, 0.3) is 0 Å². The van der Waals surface area contributed by atoms with Crippen molar-refractivity contribution in [1.82, 2.24) is 5.32 Å². The highest BCUT2D eigenvalue weighted by Crippen LogP contribution is 2.29. The van der Waals surface area contributed by atoms with Crippen molar-refractivity contribution in [3.05, 3.63) is 65.2 Å². The number of hydrogen-bond donors (Lipinski definition) is 2. The van der Waals surface area contributed by atoms with Gasteiger partial charge in [-0.15, -0.1) is 0 Å². The normalized spacial score (nSPS) is 11.0. The third kappa shape index (κ3) is 3.87. The van der Waals surface area contributed by atoms with Crippen LogP contribution in [0.15, 0.2) is 48.5 Å². The summed E-state index contributed by atoms with van der Waals surface area (Å²) >= 11 is 0. The SMILES string of the molecule is COc1ccc(C(F)(F)C(=O)NCc2cccc(C(N)=O)c2)cc1. The molecule has 2 aromatic rings. The molecule has 0 fully saturated rings. The van der Waals surface area contributed by atoms with E-state index in [0.717, 1.165) is 12.1 Å². The molecule has 0 spiro atoms. The van der Waals surface area contributed by atoms with Gasteiger partial charge in [-0.2, -0.15) is 8.78 Å². The Bertz CT molecular complexity index is 746. The second-order valence-electron chi connectivity index (χ2n) is 5.05. The summed E-state index contributed by atoms with van der Waals surface area (Å²) in [5.74, 6) is -5.34. The topological polar surface area (TPSA) is 81.4 Å². The predicted molar refractivity (Wildman–Crippen MR) is 83.7 cm³/mol. The van der Waals surface area contributed by atoms with E-state index in [4.69, 9.17) is 10.5 Å². The minimum Gasteiger partial charge on any atom is -0.497 e. The Kier molecular flexibility index (Phi) is 5.13. The summed E-state index contributed by atoms with van der Waals surface area (Å²) in [6, 6.07) is 11.1. The first-order valence-corrected chi connectivity index (χ1v) is 7.04. The maximum atomic E-state index is 14.2. The van der Waals surface area contributed by atoms with Gasteiger partial charge in [-0.3, -0.25) is 9.59 Å². The van der Waals surface area contributed by atoms with E-state index in [0.29, 0.717) is 11.3 Å². The quantitative estimate of drug-likeness (QED) is 0.850. The second kappa shape index (κ2) is 7.08. The second-order valence-corrected chi connectivity index (χ2v) is 5.05. The van der Waals surface area contributed by atoms with Gasteiger partial charge in [0.25, 0.3) is 5.91 Å². The van der Waals surface area contributed by atoms with Gasteiger partial charge in [-0.1, -0.05) is 12.1 Å². The van der Waals surface area contributed by atoms with Gasteiger partial charge in [0.05, 0.1) is 7.11 Å². The number of hydrogen-bond acceptors (Lipinski definition) is 3. The summed E-state index contributed by atoms with van der Waals surface area (Å²) in [4.78, 5) is 22.9. The molecule has 0 bridgehead atoms. The molecule has 7 heteroatoms. The van der Waals surface area contributed by atoms with Crippen LogP contribution in [0.1, 0.15) is 21.5 Å². The van der Waals surface area contributed by atoms with Crippen LogP contribution in [0, 0.1) is 0 Å². The Labute approximate surface area is 137 Å². The van der Waals surface area contributed by atoms with Gasteiger partial charge in [0, 0.05) is 17.7 Å². The molecule has 2 amide bonds. The molecule has 2 rings (SSSR count). The maximum Gasteiger partial charge on any atom is 0.349 e. The highest BCUT2D eigenvalue weighted by molar-refractivity contribution is 5.93. The highest BCUT2D eigenvalue weighted by atomic mass is 19.3. The number of halogens is 2. The Balaban J connectivity index is 2.07. The molecule has 0 aliphatic rings. The largest absolute Gasteiger partial charge is 0.497 e. The first kappa shape index (κ1) is 17.4. The number of carbonyl (C=O) groups excluding carboxylic acids is 2. The molecule has 3 N–H and O–H groups in total. The van der Waals surface area contributed by atoms with E-state index in [9.17, 15) is 18.4 Å². The Hall–Kier alpha value is -2.96. The molecule has 0 aromatic heterocycles. The van der Waals surface area contributed by atoms with E-state index in [-0.39, 0.29) is 12.1 Å². The third-order valence-corrected chi connectivity index (χ3v) is 3.40. The molecule has 24 heavy (non-hydrogen) atoms. The molecular formula is C17H16F2N2O3. The molecule has 0 aliphatic heterocycles. The zero-order valence-electron chi connectivity index (χ0n) is 12.9. The molecule has 0 saturated heterocycles. The Morgan fingerprint density at radius 2 is 1.83 bits per heavy atom. The summed E-state index contributed by atoms with van der Waals surface area (Å²) in [6.07, 6.45) is 0. The number of nitrogens with two attached hydrogens (primary N) is 1. The van der Waals surface area contributed by atoms with Crippen molar-refractivity contribution >= 4 is 11.8 Å². The van der Waals surface area contributed by atoms with Crippen LogP contribution in [0.4, 0.5) is 8.78 Å². The van der Waals surface area contributed by atoms with Crippen molar-refractivity contribution in [2.45, 2.75) is 12.5 Å². The summed E-state index contributed by atoms with van der Waals surface area (Å²) in [7, 11) is 1.42. The average molecular weight is 334 g/mol. The average Bonchev–Trinajstić information content (AvgIpc) is 2.59. The number of methoxy groups -OCH3 is 1. The molecule has 2 aromatic carbocycles. The van der Waals surface area contributed by atoms with Gasteiger partial charge < -0.3 is 15.8 Å². The molecule has 126 valence electrons. The fourth-order valence-electron chi connectivity index (χ4n) is 2.06. The van der Waals surface area contributed by atoms with Gasteiger partial charge in [0.15, 0.2) is 0 Å². The van der Waals surface area contributed by atoms with Crippen LogP contribution in [-0.4, -0.2) is 18.9 Å². The fraction of sp³-hybridized carbons (Fsp3) is 0.176. The smallest absolute Gasteiger partial charge is 0.349 e. The van der Waals surface area contributed by atoms with E-state index in [2.05, 4.69) is 5.32 Å². The zero-order chi connectivity index (χ0) is 17.7. The molecule has 5 nitrogen and oxygen atoms in total. The summed E-state index contributed by atoms with van der Waals surface area (Å²) in [6.45, 7) is -0.147. The van der Waals surface area contributed by atoms with E-state index in [1.807, 2.05) is 0 Å². The first-order valence-electron chi connectivity index (χ1n) is 7.04. The lowest BCUT2D eigenvalue weighted by molar-refractivity contribution is -0.147. The summed E-state index contributed by atoms with van der Waals surface area (Å²) in [5.41, 5.74) is 5.44. The summed E-state index contributed by atoms with van der Waals surface area (Å²) in [5, 5.41) is 2.16. The Morgan fingerprint density at radius 3 is 2.42 bits per heavy atom. The maximum absolute atomic E-state index is 14.2. The van der Waals surface area contributed by atoms with E-state index in [1.165, 1.54) is 31.4 Å². The van der Waals surface area contributed by atoms with E-state index >= 15 is 0 Å². The highest BCUT2D eigenvalue weighted by Gasteiger charge is 2.40. The molecule has 0 atom stereocenters. The minimum atomic E-state index is -3.69. The number of nitrogens with one attached hydrogen (secondary N) is 1. The lowest BCUT2D eigenvalue weighted by Crippen LogP contribution is -2.37. The van der Waals surface area contributed by atoms with E-state index < -0.39 is 23.3 Å². The van der Waals surface area contributed by atoms with Crippen LogP contribution in [0.3, 0.4) is 0 Å². The van der Waals surface area contributed by atoms with Crippen molar-refractivity contribution in [3.8, 4) is 5.75 Å². The van der Waals surface area contributed by atoms with Gasteiger partial charge in [-0.25, -0.2) is 0 Å². The number of rotatable bonds is 6. The number of alkyl halides is 2. The van der Waals surface area contributed by atoms with Gasteiger partial charge in [0.2, 0.25) is 5.91 Å². The van der Waals surface area contributed by atoms with Crippen molar-refractivity contribution in [2.75, 3.05) is 7.11 Å². The zero-order valence-corrected chi connectivity index (χ0v) is 12.9. The van der Waals surface area contributed by atoms with Crippen LogP contribution in [0.5, 0.6) is 5.75 Å². The molecule has 0 radical (unpaired) electrons. The van der Waals surface area contributed by atoms with Gasteiger partial charge in [-0.05, 0) is 42.0 Å². The van der Waals surface area contributed by atoms with Crippen LogP contribution < -0.4 is 15.8 Å². The van der Waals surface area contributed by atoms with Crippen LogP contribution in [-0.2, 0) is 17.3 Å². The number of benzene rings is 2. The monoisotopic (exact) mass is 334 g/mol. The third-order valence-electron chi connectivity index (χ3n) is 3.40. The lowest BCUT2D eigenvalue weighted by atomic mass is 10.1. The molecule has 0 unspecified atom stereocenters. The first-order chi connectivity index (χ1) is 11.3. The minimum absolute atomic E-state index is 0.147. The predicted octanol–water partition coefficient (Wildman–Crippen LogP) is 2.20. The van der Waals surface area contributed by atoms with Crippen molar-refractivity contribution in [2.24, 2.45) is 5.73 Å². The molecular weight excluding hydrogens is 318 g/mol. The number of carbonyl (C=O) groups is 2. The van der Waals surface area contributed by atoms with Crippen molar-refractivity contribution < 1.29 is 23.1 Å². The van der Waals surface area contributed by atoms with Crippen LogP contribution >= 0.6 is 0 Å². The number of primary amides is 1. The molecule has 0 heterocycles. The van der Waals surface area contributed by atoms with Crippen molar-refractivity contribution in [3.63, 3.8) is 0 Å². The molecule has 0 saturated carbocycles. The lowest BCUT2D eigenvalue weighted by Gasteiger charge is -2.17. The van der Waals surface area contributed by atoms with Crippen molar-refractivity contribution in [1.29, 1.82) is 0 Å². The number of amides is 2. The standard InChI is InChI=1S/C17H16F2N2O3/c1-24-14-7-5-13(6-8-14)17(18,19)16(23)21-10-11-3-2-4-12(9-11)15(20)22/h2-9H,10H2,1H3,(H2,20,22)(H,21,23). The Morgan fingerprint density at radius 1 is 1.17 bits per heavy atom. The summed E-state index contributed by atoms with van der Waals surface area (Å²) < 4.78 is 33.2. The van der Waals surface area contributed by atoms with Crippen LogP contribution in [0.2, 0.25) is 0 Å². The fourth-order valence-corrected chi connectivity index (χ4v) is 2.06. The van der Waals surface area contributed by atoms with Gasteiger partial charge >= 0.3 is 5.92 Å². The number of ether oxygens (including phenoxy) is 1. The van der Waals surface area contributed by atoms with E-state index in [1.54, 1.807) is 12.1 Å². The molecule has 0 aliphatic carbocycles.